The van der Waals surface area contributed by atoms with Crippen LogP contribution in [0.15, 0.2) is 58.9 Å². The number of benzene rings is 1. The largest absolute Gasteiger partial charge is 0.360 e. The molecule has 1 aromatic carbocycles. The fourth-order valence-electron chi connectivity index (χ4n) is 2.52. The summed E-state index contributed by atoms with van der Waals surface area (Å²) in [5, 5.41) is 18.0. The van der Waals surface area contributed by atoms with Gasteiger partial charge in [-0.3, -0.25) is 14.9 Å². The minimum atomic E-state index is -0.441. The van der Waals surface area contributed by atoms with Gasteiger partial charge in [-0.05, 0) is 6.92 Å². The number of hydrogen-bond acceptors (Lipinski definition) is 7. The topological polar surface area (TPSA) is 116 Å². The highest BCUT2D eigenvalue weighted by Gasteiger charge is 2.16. The minimum absolute atomic E-state index is 0.000314. The van der Waals surface area contributed by atoms with Gasteiger partial charge in [-0.2, -0.15) is 0 Å². The van der Waals surface area contributed by atoms with Crippen LogP contribution in [0.25, 0.3) is 11.3 Å². The summed E-state index contributed by atoms with van der Waals surface area (Å²) in [5.74, 6) is 0.832. The van der Waals surface area contributed by atoms with Crippen molar-refractivity contribution in [1.82, 2.24) is 14.7 Å². The highest BCUT2D eigenvalue weighted by Crippen LogP contribution is 2.28. The number of non-ortho nitro benzene ring substituents is 1. The van der Waals surface area contributed by atoms with Crippen molar-refractivity contribution in [2.75, 3.05) is 11.1 Å². The molecule has 0 radical (unpaired) electrons. The molecule has 0 aliphatic heterocycles. The Bertz CT molecular complexity index is 1030. The van der Waals surface area contributed by atoms with Gasteiger partial charge in [-0.25, -0.2) is 4.98 Å². The Kier molecular flexibility index (Phi) is 5.90. The van der Waals surface area contributed by atoms with Gasteiger partial charge in [0.2, 0.25) is 5.91 Å². The van der Waals surface area contributed by atoms with Crippen molar-refractivity contribution in [2.24, 2.45) is 0 Å². The number of amides is 1. The lowest BCUT2D eigenvalue weighted by atomic mass is 10.1. The fraction of sp³-hybridized carbons (Fsp3) is 0.167. The molecule has 3 rings (SSSR count). The lowest BCUT2D eigenvalue weighted by Gasteiger charge is -2.09. The average molecular weight is 399 g/mol. The number of nitrogens with zero attached hydrogens (tertiary/aromatic N) is 4. The standard InChI is InChI=1S/C18H17N5O4S/c1-3-7-22-15(13-5-4-6-14(9-13)23(25)26)10-19-18(22)28-11-17(24)20-16-8-12(2)27-21-16/h3-6,8-10H,1,7,11H2,2H3,(H,20,21,24). The van der Waals surface area contributed by atoms with E-state index in [1.165, 1.54) is 23.9 Å². The van der Waals surface area contributed by atoms with Crippen LogP contribution in [-0.4, -0.2) is 31.3 Å². The third kappa shape index (κ3) is 4.46. The molecule has 28 heavy (non-hydrogen) atoms. The number of nitrogens with one attached hydrogen (secondary N) is 1. The average Bonchev–Trinajstić information content (AvgIpc) is 3.26. The molecule has 144 valence electrons. The zero-order valence-corrected chi connectivity index (χ0v) is 15.8. The van der Waals surface area contributed by atoms with E-state index < -0.39 is 4.92 Å². The lowest BCUT2D eigenvalue weighted by Crippen LogP contribution is -2.14. The van der Waals surface area contributed by atoms with E-state index in [9.17, 15) is 14.9 Å². The van der Waals surface area contributed by atoms with Crippen LogP contribution in [0.1, 0.15) is 5.76 Å². The summed E-state index contributed by atoms with van der Waals surface area (Å²) in [5.41, 5.74) is 1.37. The Balaban J connectivity index is 1.77. The molecule has 1 amide bonds. The van der Waals surface area contributed by atoms with E-state index in [4.69, 9.17) is 4.52 Å². The number of rotatable bonds is 8. The molecule has 0 bridgehead atoms. The van der Waals surface area contributed by atoms with E-state index in [2.05, 4.69) is 22.0 Å². The van der Waals surface area contributed by atoms with Crippen LogP contribution < -0.4 is 5.32 Å². The van der Waals surface area contributed by atoms with Crippen molar-refractivity contribution in [3.05, 3.63) is 65.1 Å². The molecule has 0 unspecified atom stereocenters. The highest BCUT2D eigenvalue weighted by molar-refractivity contribution is 7.99. The van der Waals surface area contributed by atoms with Gasteiger partial charge in [0.05, 0.1) is 22.6 Å². The number of hydrogen-bond donors (Lipinski definition) is 1. The van der Waals surface area contributed by atoms with Gasteiger partial charge in [0.15, 0.2) is 11.0 Å². The Morgan fingerprint density at radius 1 is 1.46 bits per heavy atom. The van der Waals surface area contributed by atoms with Gasteiger partial charge in [-0.15, -0.1) is 6.58 Å². The Labute approximate surface area is 164 Å². The lowest BCUT2D eigenvalue weighted by molar-refractivity contribution is -0.384. The van der Waals surface area contributed by atoms with Crippen molar-refractivity contribution in [3.63, 3.8) is 0 Å². The highest BCUT2D eigenvalue weighted by atomic mass is 32.2. The summed E-state index contributed by atoms with van der Waals surface area (Å²) in [7, 11) is 0. The van der Waals surface area contributed by atoms with Crippen LogP contribution in [0.2, 0.25) is 0 Å². The second-order valence-electron chi connectivity index (χ2n) is 5.79. The van der Waals surface area contributed by atoms with Crippen molar-refractivity contribution in [3.8, 4) is 11.3 Å². The molecule has 0 fully saturated rings. The van der Waals surface area contributed by atoms with E-state index in [0.717, 1.165) is 0 Å². The molecule has 3 aromatic rings. The zero-order chi connectivity index (χ0) is 20.1. The fourth-order valence-corrected chi connectivity index (χ4v) is 3.31. The Morgan fingerprint density at radius 2 is 2.29 bits per heavy atom. The monoisotopic (exact) mass is 399 g/mol. The normalized spacial score (nSPS) is 10.6. The van der Waals surface area contributed by atoms with Crippen molar-refractivity contribution in [2.45, 2.75) is 18.6 Å². The molecule has 2 heterocycles. The molecule has 0 atom stereocenters. The molecule has 0 aliphatic carbocycles. The van der Waals surface area contributed by atoms with Crippen molar-refractivity contribution >= 4 is 29.2 Å². The smallest absolute Gasteiger partial charge is 0.270 e. The number of allylic oxidation sites excluding steroid dienone is 1. The van der Waals surface area contributed by atoms with Crippen molar-refractivity contribution in [1.29, 1.82) is 0 Å². The quantitative estimate of drug-likeness (QED) is 0.266. The molecular formula is C18H17N5O4S. The first-order chi connectivity index (χ1) is 13.5. The number of carbonyl (C=O) groups is 1. The summed E-state index contributed by atoms with van der Waals surface area (Å²) < 4.78 is 6.76. The van der Waals surface area contributed by atoms with E-state index in [1.54, 1.807) is 37.4 Å². The number of aryl methyl sites for hydroxylation is 1. The molecule has 0 spiro atoms. The number of anilines is 1. The van der Waals surface area contributed by atoms with Gasteiger partial charge in [0.1, 0.15) is 5.76 Å². The summed E-state index contributed by atoms with van der Waals surface area (Å²) in [6.07, 6.45) is 3.33. The third-order valence-electron chi connectivity index (χ3n) is 3.71. The van der Waals surface area contributed by atoms with E-state index in [-0.39, 0.29) is 17.3 Å². The first-order valence-electron chi connectivity index (χ1n) is 8.25. The van der Waals surface area contributed by atoms with E-state index in [0.29, 0.717) is 34.5 Å². The molecule has 0 aliphatic rings. The number of imidazole rings is 1. The first kappa shape index (κ1) is 19.4. The van der Waals surface area contributed by atoms with Crippen LogP contribution in [-0.2, 0) is 11.3 Å². The maximum absolute atomic E-state index is 12.1. The molecule has 10 heteroatoms. The van der Waals surface area contributed by atoms with Gasteiger partial charge >= 0.3 is 0 Å². The third-order valence-corrected chi connectivity index (χ3v) is 4.70. The van der Waals surface area contributed by atoms with Gasteiger partial charge < -0.3 is 14.4 Å². The second-order valence-corrected chi connectivity index (χ2v) is 6.73. The number of aromatic nitrogens is 3. The number of nitro benzene ring substituents is 1. The van der Waals surface area contributed by atoms with E-state index >= 15 is 0 Å². The van der Waals surface area contributed by atoms with Crippen LogP contribution in [0.4, 0.5) is 11.5 Å². The van der Waals surface area contributed by atoms with E-state index in [1.807, 2.05) is 4.57 Å². The molecule has 9 nitrogen and oxygen atoms in total. The predicted octanol–water partition coefficient (Wildman–Crippen LogP) is 3.67. The first-order valence-corrected chi connectivity index (χ1v) is 9.23. The van der Waals surface area contributed by atoms with Crippen LogP contribution in [0.3, 0.4) is 0 Å². The maximum atomic E-state index is 12.1. The second kappa shape index (κ2) is 8.53. The number of thioether (sulfide) groups is 1. The molecule has 2 aromatic heterocycles. The van der Waals surface area contributed by atoms with Crippen molar-refractivity contribution < 1.29 is 14.2 Å². The van der Waals surface area contributed by atoms with Gasteiger partial charge in [-0.1, -0.05) is 35.1 Å². The predicted molar refractivity (Wildman–Crippen MR) is 105 cm³/mol. The summed E-state index contributed by atoms with van der Waals surface area (Å²) in [6.45, 7) is 5.93. The van der Waals surface area contributed by atoms with Crippen LogP contribution in [0.5, 0.6) is 0 Å². The Hall–Kier alpha value is -3.40. The van der Waals surface area contributed by atoms with Crippen LogP contribution >= 0.6 is 11.8 Å². The Morgan fingerprint density at radius 3 is 2.96 bits per heavy atom. The van der Waals surface area contributed by atoms with Gasteiger partial charge in [0.25, 0.3) is 5.69 Å². The molecule has 1 N–H and O–H groups in total. The number of nitro groups is 1. The summed E-state index contributed by atoms with van der Waals surface area (Å²) >= 11 is 1.25. The van der Waals surface area contributed by atoms with Crippen LogP contribution in [0, 0.1) is 17.0 Å². The summed E-state index contributed by atoms with van der Waals surface area (Å²) in [4.78, 5) is 27.1. The molecular weight excluding hydrogens is 382 g/mol. The SMILES string of the molecule is C=CCn1c(-c2cccc([N+](=O)[O-])c2)cnc1SCC(=O)Nc1cc(C)on1. The maximum Gasteiger partial charge on any atom is 0.270 e. The number of carbonyl (C=O) groups excluding carboxylic acids is 1. The zero-order valence-electron chi connectivity index (χ0n) is 15.0. The van der Waals surface area contributed by atoms with Gasteiger partial charge in [0, 0.05) is 30.3 Å². The minimum Gasteiger partial charge on any atom is -0.360 e. The molecule has 0 saturated carbocycles. The summed E-state index contributed by atoms with van der Waals surface area (Å²) in [6, 6.07) is 7.95. The molecule has 0 saturated heterocycles.